The van der Waals surface area contributed by atoms with E-state index in [4.69, 9.17) is 10.5 Å². The zero-order valence-corrected chi connectivity index (χ0v) is 13.3. The van der Waals surface area contributed by atoms with Gasteiger partial charge in [0, 0.05) is 23.6 Å². The van der Waals surface area contributed by atoms with Gasteiger partial charge in [0.25, 0.3) is 5.91 Å². The van der Waals surface area contributed by atoms with Crippen LogP contribution in [0.5, 0.6) is 5.75 Å². The van der Waals surface area contributed by atoms with Crippen LogP contribution in [0.4, 0.5) is 0 Å². The van der Waals surface area contributed by atoms with Crippen molar-refractivity contribution in [2.75, 3.05) is 19.7 Å². The fourth-order valence-corrected chi connectivity index (χ4v) is 2.84. The Morgan fingerprint density at radius 2 is 2.40 bits per heavy atom. The minimum atomic E-state index is 0.0373. The van der Waals surface area contributed by atoms with E-state index in [0.717, 1.165) is 30.4 Å². The molecule has 2 rings (SSSR count). The number of rotatable bonds is 4. The summed E-state index contributed by atoms with van der Waals surface area (Å²) in [5, 5.41) is 0. The molecule has 1 heterocycles. The van der Waals surface area contributed by atoms with E-state index in [9.17, 15) is 4.79 Å². The third-order valence-corrected chi connectivity index (χ3v) is 4.21. The molecule has 1 aliphatic rings. The summed E-state index contributed by atoms with van der Waals surface area (Å²) in [4.78, 5) is 14.0. The molecule has 5 heteroatoms. The van der Waals surface area contributed by atoms with Crippen molar-refractivity contribution in [3.63, 3.8) is 0 Å². The molecule has 0 unspecified atom stereocenters. The second kappa shape index (κ2) is 7.09. The van der Waals surface area contributed by atoms with Crippen LogP contribution in [0.25, 0.3) is 0 Å². The fourth-order valence-electron chi connectivity index (χ4n) is 2.46. The van der Waals surface area contributed by atoms with Gasteiger partial charge in [-0.3, -0.25) is 4.79 Å². The van der Waals surface area contributed by atoms with Crippen molar-refractivity contribution < 1.29 is 9.53 Å². The zero-order chi connectivity index (χ0) is 14.5. The summed E-state index contributed by atoms with van der Waals surface area (Å²) in [6, 6.07) is 7.65. The molecule has 1 fully saturated rings. The molecule has 0 bridgehead atoms. The predicted octanol–water partition coefficient (Wildman–Crippen LogP) is 2.41. The minimum Gasteiger partial charge on any atom is -0.484 e. The van der Waals surface area contributed by atoms with E-state index in [-0.39, 0.29) is 18.6 Å². The molecule has 1 saturated heterocycles. The van der Waals surface area contributed by atoms with Crippen LogP contribution in [0.1, 0.15) is 19.8 Å². The minimum absolute atomic E-state index is 0.0373. The maximum atomic E-state index is 12.2. The number of carbonyl (C=O) groups excluding carboxylic acids is 1. The molecule has 110 valence electrons. The largest absolute Gasteiger partial charge is 0.484 e. The monoisotopic (exact) mass is 340 g/mol. The Hall–Kier alpha value is -1.07. The van der Waals surface area contributed by atoms with E-state index >= 15 is 0 Å². The Morgan fingerprint density at radius 1 is 1.60 bits per heavy atom. The second-order valence-corrected chi connectivity index (χ2v) is 6.26. The molecule has 1 amide bonds. The third kappa shape index (κ3) is 4.21. The normalized spacial score (nSPS) is 20.6. The highest BCUT2D eigenvalue weighted by molar-refractivity contribution is 9.10. The van der Waals surface area contributed by atoms with E-state index in [2.05, 4.69) is 15.9 Å². The summed E-state index contributed by atoms with van der Waals surface area (Å²) in [6.07, 6.45) is 2.13. The molecule has 1 aliphatic heterocycles. The fraction of sp³-hybridized carbons (Fsp3) is 0.533. The van der Waals surface area contributed by atoms with Crippen molar-refractivity contribution in [2.24, 2.45) is 11.7 Å². The van der Waals surface area contributed by atoms with Gasteiger partial charge < -0.3 is 15.4 Å². The Kier molecular flexibility index (Phi) is 5.43. The molecule has 0 saturated carbocycles. The number of nitrogens with two attached hydrogens (primary N) is 1. The van der Waals surface area contributed by atoms with Crippen molar-refractivity contribution in [3.8, 4) is 5.75 Å². The molecule has 0 aromatic heterocycles. The summed E-state index contributed by atoms with van der Waals surface area (Å²) >= 11 is 3.38. The lowest BCUT2D eigenvalue weighted by Crippen LogP contribution is -2.46. The summed E-state index contributed by atoms with van der Waals surface area (Å²) in [5.74, 6) is 1.14. The van der Waals surface area contributed by atoms with Gasteiger partial charge in [0.15, 0.2) is 6.61 Å². The predicted molar refractivity (Wildman–Crippen MR) is 82.6 cm³/mol. The maximum absolute atomic E-state index is 12.2. The topological polar surface area (TPSA) is 55.6 Å². The molecule has 1 aromatic rings. The standard InChI is InChI=1S/C15H21BrN2O2/c1-11(17)12-4-3-7-18(9-12)15(19)10-20-14-6-2-5-13(16)8-14/h2,5-6,8,11-12H,3-4,7,9-10,17H2,1H3/t11-,12-/m1/s1. The van der Waals surface area contributed by atoms with Crippen LogP contribution in [0, 0.1) is 5.92 Å². The molecule has 1 aromatic carbocycles. The highest BCUT2D eigenvalue weighted by atomic mass is 79.9. The first-order valence-corrected chi connectivity index (χ1v) is 7.77. The molecule has 0 spiro atoms. The molecular formula is C15H21BrN2O2. The highest BCUT2D eigenvalue weighted by Crippen LogP contribution is 2.20. The van der Waals surface area contributed by atoms with E-state index < -0.39 is 0 Å². The van der Waals surface area contributed by atoms with Gasteiger partial charge in [-0.2, -0.15) is 0 Å². The number of carbonyl (C=O) groups is 1. The molecule has 2 N–H and O–H groups in total. The summed E-state index contributed by atoms with van der Waals surface area (Å²) < 4.78 is 6.49. The van der Waals surface area contributed by atoms with Crippen LogP contribution < -0.4 is 10.5 Å². The van der Waals surface area contributed by atoms with Crippen LogP contribution >= 0.6 is 15.9 Å². The molecular weight excluding hydrogens is 320 g/mol. The van der Waals surface area contributed by atoms with Gasteiger partial charge in [0.1, 0.15) is 5.75 Å². The van der Waals surface area contributed by atoms with Gasteiger partial charge in [-0.25, -0.2) is 0 Å². The Morgan fingerprint density at radius 3 is 3.10 bits per heavy atom. The molecule has 0 radical (unpaired) electrons. The van der Waals surface area contributed by atoms with Crippen molar-refractivity contribution in [1.82, 2.24) is 4.90 Å². The maximum Gasteiger partial charge on any atom is 0.260 e. The lowest BCUT2D eigenvalue weighted by atomic mass is 9.92. The van der Waals surface area contributed by atoms with Crippen LogP contribution in [0.15, 0.2) is 28.7 Å². The number of likely N-dealkylation sites (tertiary alicyclic amines) is 1. The van der Waals surface area contributed by atoms with Gasteiger partial charge >= 0.3 is 0 Å². The first-order chi connectivity index (χ1) is 9.56. The number of hydrogen-bond acceptors (Lipinski definition) is 3. The number of halogens is 1. The van der Waals surface area contributed by atoms with Crippen molar-refractivity contribution in [3.05, 3.63) is 28.7 Å². The van der Waals surface area contributed by atoms with Gasteiger partial charge in [-0.1, -0.05) is 22.0 Å². The van der Waals surface area contributed by atoms with Crippen LogP contribution in [-0.4, -0.2) is 36.5 Å². The average molecular weight is 341 g/mol. The second-order valence-electron chi connectivity index (χ2n) is 5.35. The number of hydrogen-bond donors (Lipinski definition) is 1. The summed E-state index contributed by atoms with van der Waals surface area (Å²) in [6.45, 7) is 3.65. The third-order valence-electron chi connectivity index (χ3n) is 3.71. The van der Waals surface area contributed by atoms with Crippen molar-refractivity contribution >= 4 is 21.8 Å². The smallest absolute Gasteiger partial charge is 0.260 e. The van der Waals surface area contributed by atoms with E-state index in [1.54, 1.807) is 0 Å². The SMILES string of the molecule is C[C@@H](N)[C@@H]1CCCN(C(=O)COc2cccc(Br)c2)C1. The van der Waals surface area contributed by atoms with Gasteiger partial charge in [-0.05, 0) is 43.9 Å². The van der Waals surface area contributed by atoms with Gasteiger partial charge in [-0.15, -0.1) is 0 Å². The highest BCUT2D eigenvalue weighted by Gasteiger charge is 2.25. The Labute approximate surface area is 128 Å². The number of ether oxygens (including phenoxy) is 1. The van der Waals surface area contributed by atoms with Crippen molar-refractivity contribution in [2.45, 2.75) is 25.8 Å². The summed E-state index contributed by atoms with van der Waals surface area (Å²) in [5.41, 5.74) is 5.94. The number of amides is 1. The first-order valence-electron chi connectivity index (χ1n) is 6.98. The van der Waals surface area contributed by atoms with Crippen LogP contribution in [0.2, 0.25) is 0 Å². The zero-order valence-electron chi connectivity index (χ0n) is 11.7. The van der Waals surface area contributed by atoms with Crippen LogP contribution in [0.3, 0.4) is 0 Å². The lowest BCUT2D eigenvalue weighted by molar-refractivity contribution is -0.135. The van der Waals surface area contributed by atoms with Crippen molar-refractivity contribution in [1.29, 1.82) is 0 Å². The first kappa shape index (κ1) is 15.3. The molecule has 2 atom stereocenters. The molecule has 20 heavy (non-hydrogen) atoms. The van der Waals surface area contributed by atoms with Crippen LogP contribution in [-0.2, 0) is 4.79 Å². The number of nitrogens with zero attached hydrogens (tertiary/aromatic N) is 1. The van der Waals surface area contributed by atoms with Gasteiger partial charge in [0.2, 0.25) is 0 Å². The molecule has 4 nitrogen and oxygen atoms in total. The number of piperidine rings is 1. The van der Waals surface area contributed by atoms with E-state index in [1.807, 2.05) is 36.1 Å². The Balaban J connectivity index is 1.85. The Bertz CT molecular complexity index is 465. The molecule has 0 aliphatic carbocycles. The quantitative estimate of drug-likeness (QED) is 0.915. The summed E-state index contributed by atoms with van der Waals surface area (Å²) in [7, 11) is 0. The number of benzene rings is 1. The van der Waals surface area contributed by atoms with Gasteiger partial charge in [0.05, 0.1) is 0 Å². The van der Waals surface area contributed by atoms with E-state index in [0.29, 0.717) is 11.7 Å². The average Bonchev–Trinajstić information content (AvgIpc) is 2.45. The lowest BCUT2D eigenvalue weighted by Gasteiger charge is -2.34. The van der Waals surface area contributed by atoms with E-state index in [1.165, 1.54) is 0 Å².